The van der Waals surface area contributed by atoms with Crippen molar-refractivity contribution in [2.24, 2.45) is 0 Å². The Bertz CT molecular complexity index is 371. The maximum atomic E-state index is 5.48. The number of nitrogen functional groups attached to an aromatic ring is 1. The van der Waals surface area contributed by atoms with E-state index < -0.39 is 0 Å². The van der Waals surface area contributed by atoms with E-state index in [1.165, 1.54) is 6.26 Å². The average Bonchev–Trinajstić information content (AvgIpc) is 2.74. The number of anilines is 1. The highest BCUT2D eigenvalue weighted by Gasteiger charge is 2.02. The number of rotatable bonds is 1. The molecule has 0 atom stereocenters. The fourth-order valence-corrected chi connectivity index (χ4v) is 0.921. The predicted molar refractivity (Wildman–Crippen MR) is 55.5 cm³/mol. The van der Waals surface area contributed by atoms with E-state index >= 15 is 0 Å². The Balaban J connectivity index is 0.000000461. The molecule has 4 heteroatoms. The SMILES string of the molecule is CC.Nc1cccc(-c2ncco2)n1. The first kappa shape index (κ1) is 10.2. The van der Waals surface area contributed by atoms with Gasteiger partial charge in [-0.05, 0) is 12.1 Å². The summed E-state index contributed by atoms with van der Waals surface area (Å²) in [5, 5.41) is 0. The molecule has 0 saturated carbocycles. The van der Waals surface area contributed by atoms with E-state index in [2.05, 4.69) is 9.97 Å². The van der Waals surface area contributed by atoms with E-state index in [1.807, 2.05) is 19.9 Å². The lowest BCUT2D eigenvalue weighted by Gasteiger charge is -1.94. The number of pyridine rings is 1. The molecule has 74 valence electrons. The van der Waals surface area contributed by atoms with E-state index in [-0.39, 0.29) is 0 Å². The van der Waals surface area contributed by atoms with Crippen molar-refractivity contribution in [2.45, 2.75) is 13.8 Å². The van der Waals surface area contributed by atoms with E-state index in [1.54, 1.807) is 18.3 Å². The lowest BCUT2D eigenvalue weighted by atomic mass is 10.3. The van der Waals surface area contributed by atoms with Gasteiger partial charge in [-0.1, -0.05) is 19.9 Å². The molecule has 0 aromatic carbocycles. The standard InChI is InChI=1S/C8H7N3O.C2H6/c9-7-3-1-2-6(11-7)8-10-4-5-12-8;1-2/h1-5H,(H2,9,11);1-2H3. The molecule has 0 aliphatic rings. The summed E-state index contributed by atoms with van der Waals surface area (Å²) >= 11 is 0. The predicted octanol–water partition coefficient (Wildman–Crippen LogP) is 2.34. The van der Waals surface area contributed by atoms with Crippen LogP contribution in [0.2, 0.25) is 0 Å². The first-order chi connectivity index (χ1) is 6.86. The van der Waals surface area contributed by atoms with Gasteiger partial charge in [-0.2, -0.15) is 0 Å². The zero-order valence-electron chi connectivity index (χ0n) is 8.27. The van der Waals surface area contributed by atoms with Crippen LogP contribution in [0.4, 0.5) is 5.82 Å². The molecule has 0 amide bonds. The molecule has 14 heavy (non-hydrogen) atoms. The van der Waals surface area contributed by atoms with E-state index in [9.17, 15) is 0 Å². The van der Waals surface area contributed by atoms with Gasteiger partial charge in [0.15, 0.2) is 0 Å². The van der Waals surface area contributed by atoms with Crippen molar-refractivity contribution in [1.29, 1.82) is 0 Å². The fraction of sp³-hybridized carbons (Fsp3) is 0.200. The number of nitrogens with two attached hydrogens (primary N) is 1. The van der Waals surface area contributed by atoms with Gasteiger partial charge in [0, 0.05) is 0 Å². The zero-order valence-corrected chi connectivity index (χ0v) is 8.27. The van der Waals surface area contributed by atoms with E-state index in [4.69, 9.17) is 10.2 Å². The van der Waals surface area contributed by atoms with Gasteiger partial charge >= 0.3 is 0 Å². The first-order valence-corrected chi connectivity index (χ1v) is 4.48. The van der Waals surface area contributed by atoms with Gasteiger partial charge in [0.05, 0.1) is 6.20 Å². The van der Waals surface area contributed by atoms with Crippen LogP contribution in [0.15, 0.2) is 35.1 Å². The van der Waals surface area contributed by atoms with Gasteiger partial charge in [0.2, 0.25) is 5.89 Å². The number of aromatic nitrogens is 2. The lowest BCUT2D eigenvalue weighted by molar-refractivity contribution is 0.572. The molecule has 4 nitrogen and oxygen atoms in total. The fourth-order valence-electron chi connectivity index (χ4n) is 0.921. The van der Waals surface area contributed by atoms with Crippen LogP contribution in [0.5, 0.6) is 0 Å². The third kappa shape index (κ3) is 2.32. The Morgan fingerprint density at radius 3 is 2.64 bits per heavy atom. The highest BCUT2D eigenvalue weighted by molar-refractivity contribution is 5.49. The Hall–Kier alpha value is -1.84. The molecule has 2 aromatic heterocycles. The van der Waals surface area contributed by atoms with Gasteiger partial charge < -0.3 is 10.2 Å². The first-order valence-electron chi connectivity index (χ1n) is 4.48. The zero-order chi connectivity index (χ0) is 10.4. The molecule has 0 fully saturated rings. The minimum Gasteiger partial charge on any atom is -0.443 e. The number of oxazole rings is 1. The summed E-state index contributed by atoms with van der Waals surface area (Å²) in [6, 6.07) is 5.32. The van der Waals surface area contributed by atoms with E-state index in [0.29, 0.717) is 17.4 Å². The molecule has 0 radical (unpaired) electrons. The molecule has 0 unspecified atom stereocenters. The average molecular weight is 191 g/mol. The smallest absolute Gasteiger partial charge is 0.245 e. The Labute approximate surface area is 82.8 Å². The van der Waals surface area contributed by atoms with Crippen LogP contribution in [0, 0.1) is 0 Å². The summed E-state index contributed by atoms with van der Waals surface area (Å²) in [6.07, 6.45) is 3.07. The van der Waals surface area contributed by atoms with Crippen LogP contribution in [-0.2, 0) is 0 Å². The molecule has 2 heterocycles. The number of hydrogen-bond donors (Lipinski definition) is 1. The van der Waals surface area contributed by atoms with Gasteiger partial charge in [-0.15, -0.1) is 0 Å². The normalized spacial score (nSPS) is 9.00. The van der Waals surface area contributed by atoms with Gasteiger partial charge in [0.1, 0.15) is 17.8 Å². The molecular weight excluding hydrogens is 178 g/mol. The van der Waals surface area contributed by atoms with Crippen molar-refractivity contribution in [3.05, 3.63) is 30.7 Å². The quantitative estimate of drug-likeness (QED) is 0.751. The monoisotopic (exact) mass is 191 g/mol. The van der Waals surface area contributed by atoms with Crippen LogP contribution in [-0.4, -0.2) is 9.97 Å². The Morgan fingerprint density at radius 1 is 1.29 bits per heavy atom. The minimum atomic E-state index is 0.464. The van der Waals surface area contributed by atoms with Crippen molar-refractivity contribution in [1.82, 2.24) is 9.97 Å². The van der Waals surface area contributed by atoms with Crippen molar-refractivity contribution < 1.29 is 4.42 Å². The highest BCUT2D eigenvalue weighted by Crippen LogP contribution is 2.14. The number of nitrogens with zero attached hydrogens (tertiary/aromatic N) is 2. The highest BCUT2D eigenvalue weighted by atomic mass is 16.3. The van der Waals surface area contributed by atoms with E-state index in [0.717, 1.165) is 0 Å². The van der Waals surface area contributed by atoms with Crippen LogP contribution < -0.4 is 5.73 Å². The minimum absolute atomic E-state index is 0.464. The summed E-state index contributed by atoms with van der Waals surface area (Å²) < 4.78 is 5.05. The third-order valence-corrected chi connectivity index (χ3v) is 1.42. The summed E-state index contributed by atoms with van der Waals surface area (Å²) in [6.45, 7) is 4.00. The maximum absolute atomic E-state index is 5.48. The van der Waals surface area contributed by atoms with Crippen molar-refractivity contribution in [3.8, 4) is 11.6 Å². The lowest BCUT2D eigenvalue weighted by Crippen LogP contribution is -1.90. The molecule has 0 aliphatic carbocycles. The molecule has 0 bridgehead atoms. The molecule has 0 saturated heterocycles. The Kier molecular flexibility index (Phi) is 3.67. The van der Waals surface area contributed by atoms with Gasteiger partial charge in [-0.25, -0.2) is 9.97 Å². The number of hydrogen-bond acceptors (Lipinski definition) is 4. The second-order valence-corrected chi connectivity index (χ2v) is 2.28. The van der Waals surface area contributed by atoms with Gasteiger partial charge in [0.25, 0.3) is 0 Å². The van der Waals surface area contributed by atoms with Crippen molar-refractivity contribution in [3.63, 3.8) is 0 Å². The largest absolute Gasteiger partial charge is 0.443 e. The molecular formula is C10H13N3O. The second kappa shape index (κ2) is 5.01. The molecule has 2 aromatic rings. The molecule has 2 N–H and O–H groups in total. The second-order valence-electron chi connectivity index (χ2n) is 2.28. The Morgan fingerprint density at radius 2 is 2.07 bits per heavy atom. The summed E-state index contributed by atoms with van der Waals surface area (Å²) in [7, 11) is 0. The molecule has 0 spiro atoms. The summed E-state index contributed by atoms with van der Waals surface area (Å²) in [4.78, 5) is 7.98. The topological polar surface area (TPSA) is 64.9 Å². The van der Waals surface area contributed by atoms with Crippen molar-refractivity contribution >= 4 is 5.82 Å². The van der Waals surface area contributed by atoms with Gasteiger partial charge in [-0.3, -0.25) is 0 Å². The molecule has 2 rings (SSSR count). The van der Waals surface area contributed by atoms with Crippen LogP contribution in [0.1, 0.15) is 13.8 Å². The summed E-state index contributed by atoms with van der Waals surface area (Å²) in [5.41, 5.74) is 6.14. The molecule has 0 aliphatic heterocycles. The maximum Gasteiger partial charge on any atom is 0.245 e. The van der Waals surface area contributed by atoms with Crippen LogP contribution in [0.3, 0.4) is 0 Å². The van der Waals surface area contributed by atoms with Crippen molar-refractivity contribution in [2.75, 3.05) is 5.73 Å². The summed E-state index contributed by atoms with van der Waals surface area (Å²) in [5.74, 6) is 0.952. The van der Waals surface area contributed by atoms with Crippen LogP contribution >= 0.6 is 0 Å². The van der Waals surface area contributed by atoms with Crippen LogP contribution in [0.25, 0.3) is 11.6 Å². The third-order valence-electron chi connectivity index (χ3n) is 1.42.